The highest BCUT2D eigenvalue weighted by atomic mass is 16.5. The molecule has 0 fully saturated rings. The third kappa shape index (κ3) is 2.86. The first-order valence-electron chi connectivity index (χ1n) is 7.81. The van der Waals surface area contributed by atoms with Crippen molar-refractivity contribution in [2.45, 2.75) is 32.7 Å². The van der Waals surface area contributed by atoms with Crippen LogP contribution in [0.25, 0.3) is 21.8 Å². The number of amides is 1. The first-order chi connectivity index (χ1) is 11.1. The standard InChI is InChI=1S/C18H21N3O2/c1-12-18-15(8-9-20-12)14-7-6-13(23-2)11-16(14)21(18)10-4-3-5-17(19)22/h6-9,11H,3-5,10H2,1-2H3,(H2,19,22). The van der Waals surface area contributed by atoms with Gasteiger partial charge in [0.15, 0.2) is 0 Å². The Labute approximate surface area is 135 Å². The average Bonchev–Trinajstić information content (AvgIpc) is 2.86. The van der Waals surface area contributed by atoms with Gasteiger partial charge in [-0.1, -0.05) is 0 Å². The monoisotopic (exact) mass is 311 g/mol. The fraction of sp³-hybridized carbons (Fsp3) is 0.333. The van der Waals surface area contributed by atoms with Gasteiger partial charge in [0, 0.05) is 36.0 Å². The number of ether oxygens (including phenoxy) is 1. The summed E-state index contributed by atoms with van der Waals surface area (Å²) in [6.07, 6.45) is 3.96. The molecule has 5 heteroatoms. The molecular formula is C18H21N3O2. The molecular weight excluding hydrogens is 290 g/mol. The van der Waals surface area contributed by atoms with E-state index < -0.39 is 0 Å². The van der Waals surface area contributed by atoms with E-state index in [1.807, 2.05) is 19.2 Å². The predicted octanol–water partition coefficient (Wildman–Crippen LogP) is 3.16. The van der Waals surface area contributed by atoms with Gasteiger partial charge >= 0.3 is 0 Å². The molecule has 1 aromatic carbocycles. The molecule has 0 saturated heterocycles. The van der Waals surface area contributed by atoms with Gasteiger partial charge in [-0.15, -0.1) is 0 Å². The van der Waals surface area contributed by atoms with Crippen molar-refractivity contribution in [3.63, 3.8) is 0 Å². The molecule has 0 aliphatic rings. The predicted molar refractivity (Wildman–Crippen MR) is 91.6 cm³/mol. The van der Waals surface area contributed by atoms with Crippen molar-refractivity contribution in [3.05, 3.63) is 36.2 Å². The smallest absolute Gasteiger partial charge is 0.217 e. The van der Waals surface area contributed by atoms with Gasteiger partial charge in [-0.3, -0.25) is 9.78 Å². The number of aromatic nitrogens is 2. The molecule has 0 bridgehead atoms. The quantitative estimate of drug-likeness (QED) is 0.711. The largest absolute Gasteiger partial charge is 0.497 e. The highest BCUT2D eigenvalue weighted by Crippen LogP contribution is 2.32. The summed E-state index contributed by atoms with van der Waals surface area (Å²) in [6.45, 7) is 2.85. The second-order valence-electron chi connectivity index (χ2n) is 5.75. The number of hydrogen-bond acceptors (Lipinski definition) is 3. The Morgan fingerprint density at radius 1 is 1.26 bits per heavy atom. The maximum absolute atomic E-state index is 10.9. The Kier molecular flexibility index (Phi) is 4.19. The van der Waals surface area contributed by atoms with Crippen LogP contribution in [0.15, 0.2) is 30.5 Å². The number of pyridine rings is 1. The molecule has 2 aromatic heterocycles. The maximum atomic E-state index is 10.9. The molecule has 2 N–H and O–H groups in total. The Balaban J connectivity index is 2.08. The molecule has 120 valence electrons. The summed E-state index contributed by atoms with van der Waals surface area (Å²) in [5.41, 5.74) is 8.51. The lowest BCUT2D eigenvalue weighted by molar-refractivity contribution is -0.118. The minimum absolute atomic E-state index is 0.244. The number of unbranched alkanes of at least 4 members (excludes halogenated alkanes) is 1. The van der Waals surface area contributed by atoms with Crippen molar-refractivity contribution in [1.82, 2.24) is 9.55 Å². The number of aryl methyl sites for hydroxylation is 2. The van der Waals surface area contributed by atoms with Crippen LogP contribution in [-0.4, -0.2) is 22.6 Å². The molecule has 23 heavy (non-hydrogen) atoms. The van der Waals surface area contributed by atoms with Crippen molar-refractivity contribution in [3.8, 4) is 5.75 Å². The third-order valence-electron chi connectivity index (χ3n) is 4.22. The van der Waals surface area contributed by atoms with Crippen LogP contribution in [0.3, 0.4) is 0 Å². The summed E-state index contributed by atoms with van der Waals surface area (Å²) in [6, 6.07) is 8.19. The van der Waals surface area contributed by atoms with Crippen LogP contribution >= 0.6 is 0 Å². The second-order valence-corrected chi connectivity index (χ2v) is 5.75. The molecule has 3 rings (SSSR count). The van der Waals surface area contributed by atoms with Gasteiger partial charge in [-0.05, 0) is 38.0 Å². The molecule has 2 heterocycles. The van der Waals surface area contributed by atoms with Gasteiger partial charge in [0.05, 0.1) is 23.8 Å². The van der Waals surface area contributed by atoms with E-state index in [2.05, 4.69) is 27.8 Å². The molecule has 0 aliphatic heterocycles. The summed E-state index contributed by atoms with van der Waals surface area (Å²) in [7, 11) is 1.67. The Morgan fingerprint density at radius 3 is 2.83 bits per heavy atom. The van der Waals surface area contributed by atoms with E-state index in [4.69, 9.17) is 10.5 Å². The first kappa shape index (κ1) is 15.3. The topological polar surface area (TPSA) is 70.1 Å². The van der Waals surface area contributed by atoms with Crippen LogP contribution in [0.2, 0.25) is 0 Å². The summed E-state index contributed by atoms with van der Waals surface area (Å²) < 4.78 is 7.64. The summed E-state index contributed by atoms with van der Waals surface area (Å²) in [4.78, 5) is 15.3. The van der Waals surface area contributed by atoms with E-state index in [9.17, 15) is 4.79 Å². The third-order valence-corrected chi connectivity index (χ3v) is 4.22. The molecule has 0 atom stereocenters. The van der Waals surface area contributed by atoms with E-state index in [0.717, 1.165) is 41.9 Å². The molecule has 1 amide bonds. The van der Waals surface area contributed by atoms with Gasteiger partial charge in [0.25, 0.3) is 0 Å². The minimum atomic E-state index is -0.244. The fourth-order valence-corrected chi connectivity index (χ4v) is 3.13. The lowest BCUT2D eigenvalue weighted by Gasteiger charge is -2.09. The van der Waals surface area contributed by atoms with Gasteiger partial charge < -0.3 is 15.0 Å². The number of methoxy groups -OCH3 is 1. The van der Waals surface area contributed by atoms with Crippen molar-refractivity contribution < 1.29 is 9.53 Å². The average molecular weight is 311 g/mol. The van der Waals surface area contributed by atoms with Crippen molar-refractivity contribution in [2.75, 3.05) is 7.11 Å². The molecule has 3 aromatic rings. The summed E-state index contributed by atoms with van der Waals surface area (Å²) in [5.74, 6) is 0.594. The van der Waals surface area contributed by atoms with Crippen LogP contribution in [0, 0.1) is 6.92 Å². The van der Waals surface area contributed by atoms with E-state index >= 15 is 0 Å². The Hall–Kier alpha value is -2.56. The number of nitrogens with zero attached hydrogens (tertiary/aromatic N) is 2. The van der Waals surface area contributed by atoms with Gasteiger partial charge in [-0.2, -0.15) is 0 Å². The molecule has 0 radical (unpaired) electrons. The van der Waals surface area contributed by atoms with E-state index in [1.165, 1.54) is 10.8 Å². The number of rotatable bonds is 6. The lowest BCUT2D eigenvalue weighted by Crippen LogP contribution is -2.10. The number of hydrogen-bond donors (Lipinski definition) is 1. The number of nitrogens with two attached hydrogens (primary N) is 1. The van der Waals surface area contributed by atoms with Gasteiger partial charge in [-0.25, -0.2) is 0 Å². The number of fused-ring (bicyclic) bond motifs is 3. The fourth-order valence-electron chi connectivity index (χ4n) is 3.13. The molecule has 0 saturated carbocycles. The highest BCUT2D eigenvalue weighted by Gasteiger charge is 2.13. The highest BCUT2D eigenvalue weighted by molar-refractivity contribution is 6.09. The number of carbonyl (C=O) groups excluding carboxylic acids is 1. The van der Waals surface area contributed by atoms with E-state index in [1.54, 1.807) is 7.11 Å². The minimum Gasteiger partial charge on any atom is -0.497 e. The molecule has 5 nitrogen and oxygen atoms in total. The van der Waals surface area contributed by atoms with Crippen LogP contribution in [0.5, 0.6) is 5.75 Å². The van der Waals surface area contributed by atoms with Gasteiger partial charge in [0.2, 0.25) is 5.91 Å². The molecule has 0 unspecified atom stereocenters. The first-order valence-corrected chi connectivity index (χ1v) is 7.81. The number of benzene rings is 1. The Morgan fingerprint density at radius 2 is 2.09 bits per heavy atom. The van der Waals surface area contributed by atoms with Crippen LogP contribution in [-0.2, 0) is 11.3 Å². The normalized spacial score (nSPS) is 11.2. The number of primary amides is 1. The number of carbonyl (C=O) groups is 1. The van der Waals surface area contributed by atoms with E-state index in [0.29, 0.717) is 6.42 Å². The van der Waals surface area contributed by atoms with Crippen LogP contribution in [0.4, 0.5) is 0 Å². The molecule has 0 aliphatic carbocycles. The van der Waals surface area contributed by atoms with Crippen molar-refractivity contribution in [1.29, 1.82) is 0 Å². The maximum Gasteiger partial charge on any atom is 0.217 e. The summed E-state index contributed by atoms with van der Waals surface area (Å²) in [5, 5.41) is 2.39. The zero-order valence-electron chi connectivity index (χ0n) is 13.5. The van der Waals surface area contributed by atoms with E-state index in [-0.39, 0.29) is 5.91 Å². The SMILES string of the molecule is COc1ccc2c3ccnc(C)c3n(CCCCC(N)=O)c2c1. The lowest BCUT2D eigenvalue weighted by atomic mass is 10.1. The second kappa shape index (κ2) is 6.28. The summed E-state index contributed by atoms with van der Waals surface area (Å²) >= 11 is 0. The Bertz CT molecular complexity index is 867. The van der Waals surface area contributed by atoms with Crippen molar-refractivity contribution >= 4 is 27.7 Å². The van der Waals surface area contributed by atoms with Crippen molar-refractivity contribution in [2.24, 2.45) is 5.73 Å². The van der Waals surface area contributed by atoms with Crippen LogP contribution < -0.4 is 10.5 Å². The van der Waals surface area contributed by atoms with Gasteiger partial charge in [0.1, 0.15) is 5.75 Å². The zero-order valence-corrected chi connectivity index (χ0v) is 13.5. The zero-order chi connectivity index (χ0) is 16.4. The van der Waals surface area contributed by atoms with Crippen LogP contribution in [0.1, 0.15) is 25.0 Å². The molecule has 0 spiro atoms.